The Labute approximate surface area is 187 Å². The second-order valence-electron chi connectivity index (χ2n) is 8.43. The van der Waals surface area contributed by atoms with E-state index in [0.29, 0.717) is 6.42 Å². The van der Waals surface area contributed by atoms with Crippen LogP contribution < -0.4 is 16.0 Å². The molecule has 1 saturated carbocycles. The zero-order valence-corrected chi connectivity index (χ0v) is 18.3. The van der Waals surface area contributed by atoms with Crippen LogP contribution in [-0.4, -0.2) is 28.7 Å². The van der Waals surface area contributed by atoms with Gasteiger partial charge in [0.25, 0.3) is 0 Å². The van der Waals surface area contributed by atoms with Crippen LogP contribution in [0.15, 0.2) is 54.7 Å². The molecule has 1 aliphatic rings. The van der Waals surface area contributed by atoms with Crippen LogP contribution in [0.1, 0.15) is 43.9 Å². The summed E-state index contributed by atoms with van der Waals surface area (Å²) in [6.07, 6.45) is 4.18. The van der Waals surface area contributed by atoms with E-state index < -0.39 is 6.04 Å². The molecule has 0 bridgehead atoms. The minimum atomic E-state index is -0.689. The number of H-pyrrole nitrogens is 1. The first kappa shape index (κ1) is 21.6. The molecule has 2 atom stereocenters. The first-order valence-corrected chi connectivity index (χ1v) is 10.9. The van der Waals surface area contributed by atoms with Gasteiger partial charge in [-0.15, -0.1) is 0 Å². The summed E-state index contributed by atoms with van der Waals surface area (Å²) < 4.78 is 0. The fraction of sp³-hybridized carbons (Fsp3) is 0.320. The first-order valence-electron chi connectivity index (χ1n) is 10.9. The van der Waals surface area contributed by atoms with Gasteiger partial charge in [0, 0.05) is 42.0 Å². The van der Waals surface area contributed by atoms with Crippen molar-refractivity contribution in [2.45, 2.75) is 45.2 Å². The van der Waals surface area contributed by atoms with Gasteiger partial charge in [-0.05, 0) is 49.1 Å². The summed E-state index contributed by atoms with van der Waals surface area (Å²) >= 11 is 0. The van der Waals surface area contributed by atoms with Crippen LogP contribution in [0.25, 0.3) is 10.9 Å². The molecular formula is C25H28N4O3. The summed E-state index contributed by atoms with van der Waals surface area (Å²) in [4.78, 5) is 39.9. The van der Waals surface area contributed by atoms with Gasteiger partial charge in [-0.3, -0.25) is 14.4 Å². The number of nitrogens with one attached hydrogen (secondary N) is 4. The van der Waals surface area contributed by atoms with Crippen LogP contribution in [-0.2, 0) is 20.8 Å². The summed E-state index contributed by atoms with van der Waals surface area (Å²) in [7, 11) is 0. The second-order valence-corrected chi connectivity index (χ2v) is 8.43. The van der Waals surface area contributed by atoms with Crippen molar-refractivity contribution in [3.8, 4) is 0 Å². The summed E-state index contributed by atoms with van der Waals surface area (Å²) in [6, 6.07) is 14.4. The summed E-state index contributed by atoms with van der Waals surface area (Å²) in [5.74, 6) is -0.289. The first-order chi connectivity index (χ1) is 15.4. The molecule has 7 heteroatoms. The average Bonchev–Trinajstić information content (AvgIpc) is 3.55. The molecule has 1 fully saturated rings. The van der Waals surface area contributed by atoms with Gasteiger partial charge >= 0.3 is 0 Å². The topological polar surface area (TPSA) is 103 Å². The van der Waals surface area contributed by atoms with Gasteiger partial charge in [0.1, 0.15) is 6.04 Å². The van der Waals surface area contributed by atoms with Gasteiger partial charge in [0.05, 0.1) is 6.04 Å². The summed E-state index contributed by atoms with van der Waals surface area (Å²) in [6.45, 7) is 3.31. The van der Waals surface area contributed by atoms with Gasteiger partial charge in [-0.25, -0.2) is 0 Å². The molecule has 166 valence electrons. The van der Waals surface area contributed by atoms with Gasteiger partial charge in [0.2, 0.25) is 17.7 Å². The molecule has 4 rings (SSSR count). The molecule has 0 unspecified atom stereocenters. The summed E-state index contributed by atoms with van der Waals surface area (Å²) in [5, 5.41) is 9.72. The van der Waals surface area contributed by atoms with Crippen LogP contribution >= 0.6 is 0 Å². The molecule has 0 spiro atoms. The lowest BCUT2D eigenvalue weighted by Crippen LogP contribution is -2.47. The number of para-hydroxylation sites is 1. The fourth-order valence-corrected chi connectivity index (χ4v) is 3.82. The normalized spacial score (nSPS) is 15.1. The van der Waals surface area contributed by atoms with E-state index >= 15 is 0 Å². The third-order valence-corrected chi connectivity index (χ3v) is 5.78. The number of aromatic amines is 1. The third-order valence-electron chi connectivity index (χ3n) is 5.78. The van der Waals surface area contributed by atoms with Crippen molar-refractivity contribution in [3.05, 3.63) is 65.9 Å². The minimum absolute atomic E-state index is 0.0644. The van der Waals surface area contributed by atoms with Crippen molar-refractivity contribution in [2.24, 2.45) is 5.92 Å². The van der Waals surface area contributed by atoms with Crippen molar-refractivity contribution < 1.29 is 14.4 Å². The highest BCUT2D eigenvalue weighted by Gasteiger charge is 2.29. The zero-order chi connectivity index (χ0) is 22.7. The highest BCUT2D eigenvalue weighted by atomic mass is 16.2. The van der Waals surface area contributed by atoms with E-state index in [1.165, 1.54) is 6.92 Å². The fourth-order valence-electron chi connectivity index (χ4n) is 3.82. The average molecular weight is 433 g/mol. The number of amides is 3. The van der Waals surface area contributed by atoms with Crippen LogP contribution in [0, 0.1) is 5.92 Å². The highest BCUT2D eigenvalue weighted by molar-refractivity contribution is 5.94. The van der Waals surface area contributed by atoms with Crippen molar-refractivity contribution >= 4 is 34.3 Å². The van der Waals surface area contributed by atoms with Crippen LogP contribution in [0.4, 0.5) is 5.69 Å². The molecule has 1 heterocycles. The Bertz CT molecular complexity index is 1130. The van der Waals surface area contributed by atoms with E-state index in [9.17, 15) is 14.4 Å². The van der Waals surface area contributed by atoms with E-state index in [0.717, 1.165) is 40.6 Å². The Kier molecular flexibility index (Phi) is 6.25. The number of anilines is 1. The predicted molar refractivity (Wildman–Crippen MR) is 124 cm³/mol. The van der Waals surface area contributed by atoms with E-state index in [2.05, 4.69) is 20.9 Å². The lowest BCUT2D eigenvalue weighted by atomic mass is 10.0. The number of rotatable bonds is 8. The molecule has 4 N–H and O–H groups in total. The smallest absolute Gasteiger partial charge is 0.243 e. The molecule has 2 aromatic carbocycles. The van der Waals surface area contributed by atoms with E-state index in [1.54, 1.807) is 0 Å². The van der Waals surface area contributed by atoms with Crippen LogP contribution in [0.2, 0.25) is 0 Å². The molecule has 0 aliphatic heterocycles. The predicted octanol–water partition coefficient (Wildman–Crippen LogP) is 3.44. The Morgan fingerprint density at radius 3 is 2.44 bits per heavy atom. The van der Waals surface area contributed by atoms with E-state index in [1.807, 2.05) is 61.7 Å². The molecule has 3 amide bonds. The molecular weight excluding hydrogens is 404 g/mol. The lowest BCUT2D eigenvalue weighted by molar-refractivity contribution is -0.128. The zero-order valence-electron chi connectivity index (χ0n) is 18.3. The van der Waals surface area contributed by atoms with Gasteiger partial charge < -0.3 is 20.9 Å². The third kappa shape index (κ3) is 5.17. The van der Waals surface area contributed by atoms with Crippen molar-refractivity contribution in [1.29, 1.82) is 0 Å². The van der Waals surface area contributed by atoms with E-state index in [-0.39, 0.29) is 29.7 Å². The number of benzene rings is 2. The number of carbonyl (C=O) groups excluding carboxylic acids is 3. The number of aromatic nitrogens is 1. The molecule has 1 aromatic heterocycles. The monoisotopic (exact) mass is 432 g/mol. The molecule has 0 saturated heterocycles. The largest absolute Gasteiger partial charge is 0.361 e. The molecule has 0 radical (unpaired) electrons. The van der Waals surface area contributed by atoms with Gasteiger partial charge in [-0.1, -0.05) is 30.3 Å². The molecule has 32 heavy (non-hydrogen) atoms. The SMILES string of the molecule is CC(=O)N[C@H](Cc1c[nH]c2ccccc12)C(=O)N[C@@H](C)c1ccc(NC(=O)C2CC2)cc1. The van der Waals surface area contributed by atoms with Crippen LogP contribution in [0.5, 0.6) is 0 Å². The van der Waals surface area contributed by atoms with Crippen molar-refractivity contribution in [3.63, 3.8) is 0 Å². The number of fused-ring (bicyclic) bond motifs is 1. The number of hydrogen-bond donors (Lipinski definition) is 4. The Morgan fingerprint density at radius 2 is 1.75 bits per heavy atom. The quantitative estimate of drug-likeness (QED) is 0.438. The summed E-state index contributed by atoms with van der Waals surface area (Å²) in [5.41, 5.74) is 3.63. The van der Waals surface area contributed by atoms with Crippen LogP contribution in [0.3, 0.4) is 0 Å². The minimum Gasteiger partial charge on any atom is -0.361 e. The van der Waals surface area contributed by atoms with E-state index in [4.69, 9.17) is 0 Å². The number of hydrogen-bond acceptors (Lipinski definition) is 3. The Morgan fingerprint density at radius 1 is 1.03 bits per heavy atom. The second kappa shape index (κ2) is 9.26. The van der Waals surface area contributed by atoms with Gasteiger partial charge in [-0.2, -0.15) is 0 Å². The Balaban J connectivity index is 1.41. The Hall–Kier alpha value is -3.61. The molecule has 7 nitrogen and oxygen atoms in total. The maximum absolute atomic E-state index is 13.0. The van der Waals surface area contributed by atoms with Gasteiger partial charge in [0.15, 0.2) is 0 Å². The van der Waals surface area contributed by atoms with Crippen molar-refractivity contribution in [1.82, 2.24) is 15.6 Å². The van der Waals surface area contributed by atoms with Crippen molar-refractivity contribution in [2.75, 3.05) is 5.32 Å². The molecule has 3 aromatic rings. The molecule has 1 aliphatic carbocycles. The standard InChI is InChI=1S/C25H28N4O3/c1-15(17-9-11-20(12-10-17)29-24(31)18-7-8-18)27-25(32)23(28-16(2)30)13-19-14-26-22-6-4-3-5-21(19)22/h3-6,9-12,14-15,18,23,26H,7-8,13H2,1-2H3,(H,27,32)(H,28,30)(H,29,31)/t15-,23+/m0/s1. The number of carbonyl (C=O) groups is 3. The maximum atomic E-state index is 13.0. The lowest BCUT2D eigenvalue weighted by Gasteiger charge is -2.21. The highest BCUT2D eigenvalue weighted by Crippen LogP contribution is 2.30. The maximum Gasteiger partial charge on any atom is 0.243 e.